The molecule has 0 saturated carbocycles. The molecule has 0 bridgehead atoms. The number of pyridine rings is 2. The van der Waals surface area contributed by atoms with Crippen LogP contribution in [-0.4, -0.2) is 22.6 Å². The third-order valence-corrected chi connectivity index (χ3v) is 3.74. The summed E-state index contributed by atoms with van der Waals surface area (Å²) in [7, 11) is 1.51. The highest BCUT2D eigenvalue weighted by atomic mass is 35.5. The lowest BCUT2D eigenvalue weighted by Gasteiger charge is -2.11. The van der Waals surface area contributed by atoms with E-state index in [0.717, 1.165) is 12.4 Å². The molecule has 0 aliphatic carbocycles. The van der Waals surface area contributed by atoms with Gasteiger partial charge in [-0.15, -0.1) is 0 Å². The van der Waals surface area contributed by atoms with Crippen molar-refractivity contribution in [3.63, 3.8) is 0 Å². The van der Waals surface area contributed by atoms with Crippen molar-refractivity contribution in [3.8, 4) is 5.88 Å². The molecule has 1 amide bonds. The molecular weight excluding hydrogens is 343 g/mol. The van der Waals surface area contributed by atoms with Crippen LogP contribution in [0.3, 0.4) is 0 Å². The van der Waals surface area contributed by atoms with E-state index < -0.39 is 5.91 Å². The molecule has 9 heteroatoms. The molecule has 0 unspecified atom stereocenters. The maximum absolute atomic E-state index is 12.5. The van der Waals surface area contributed by atoms with Gasteiger partial charge in [0.2, 0.25) is 18.3 Å². The first-order valence-electron chi connectivity index (χ1n) is 6.41. The summed E-state index contributed by atoms with van der Waals surface area (Å²) in [6, 6.07) is 4.90. The van der Waals surface area contributed by atoms with Crippen LogP contribution in [0.15, 0.2) is 36.8 Å². The number of carbonyl (C=O) groups is 1. The van der Waals surface area contributed by atoms with Crippen LogP contribution in [0.1, 0.15) is 10.4 Å². The molecule has 0 fully saturated rings. The fourth-order valence-corrected chi connectivity index (χ4v) is 2.68. The standard InChI is InChI=1S/C14H10Cl2N4O3/c1-23-12-3-2-8(11-4-5-17-20(11)12)14(21)18-13-9(15)6-19(22)7-10(13)16/h2-7H,1H3,(H,18,21). The second-order valence-electron chi connectivity index (χ2n) is 4.56. The van der Waals surface area contributed by atoms with E-state index in [2.05, 4.69) is 10.4 Å². The van der Waals surface area contributed by atoms with Crippen LogP contribution in [0.2, 0.25) is 10.0 Å². The summed E-state index contributed by atoms with van der Waals surface area (Å²) < 4.78 is 7.14. The number of hydrogen-bond acceptors (Lipinski definition) is 4. The van der Waals surface area contributed by atoms with Crippen molar-refractivity contribution in [1.82, 2.24) is 9.61 Å². The van der Waals surface area contributed by atoms with E-state index in [9.17, 15) is 10.0 Å². The predicted molar refractivity (Wildman–Crippen MR) is 85.1 cm³/mol. The Morgan fingerprint density at radius 2 is 2.00 bits per heavy atom. The van der Waals surface area contributed by atoms with Gasteiger partial charge in [0.1, 0.15) is 10.0 Å². The summed E-state index contributed by atoms with van der Waals surface area (Å²) in [6.07, 6.45) is 3.76. The zero-order valence-electron chi connectivity index (χ0n) is 11.8. The molecule has 7 nitrogen and oxygen atoms in total. The average Bonchev–Trinajstić information content (AvgIpc) is 2.99. The molecule has 3 rings (SSSR count). The normalized spacial score (nSPS) is 10.7. The Labute approximate surface area is 140 Å². The smallest absolute Gasteiger partial charge is 0.257 e. The SMILES string of the molecule is COc1ccc(C(=O)Nc2c(Cl)c[n+]([O-])cc2Cl)c2ccnn12. The first kappa shape index (κ1) is 15.4. The molecule has 3 heterocycles. The maximum atomic E-state index is 12.5. The number of rotatable bonds is 3. The van der Waals surface area contributed by atoms with E-state index in [1.54, 1.807) is 24.4 Å². The molecule has 3 aromatic heterocycles. The molecule has 0 atom stereocenters. The molecule has 23 heavy (non-hydrogen) atoms. The van der Waals surface area contributed by atoms with Gasteiger partial charge in [-0.1, -0.05) is 23.2 Å². The fraction of sp³-hybridized carbons (Fsp3) is 0.0714. The summed E-state index contributed by atoms with van der Waals surface area (Å²) in [4.78, 5) is 12.5. The monoisotopic (exact) mass is 352 g/mol. The van der Waals surface area contributed by atoms with E-state index in [1.165, 1.54) is 11.6 Å². The van der Waals surface area contributed by atoms with Crippen molar-refractivity contribution in [1.29, 1.82) is 0 Å². The van der Waals surface area contributed by atoms with Crippen LogP contribution < -0.4 is 14.8 Å². The highest BCUT2D eigenvalue weighted by Crippen LogP contribution is 2.29. The Balaban J connectivity index is 2.01. The Bertz CT molecular complexity index is 887. The minimum atomic E-state index is -0.439. The molecule has 3 aromatic rings. The lowest BCUT2D eigenvalue weighted by Crippen LogP contribution is -2.25. The number of aromatic nitrogens is 3. The molecule has 0 aliphatic rings. The number of nitrogens with zero attached hydrogens (tertiary/aromatic N) is 3. The number of hydrogen-bond donors (Lipinski definition) is 1. The molecule has 0 radical (unpaired) electrons. The van der Waals surface area contributed by atoms with Gasteiger partial charge in [0.15, 0.2) is 0 Å². The Morgan fingerprint density at radius 1 is 1.30 bits per heavy atom. The minimum absolute atomic E-state index is 0.0406. The topological polar surface area (TPSA) is 82.6 Å². The van der Waals surface area contributed by atoms with Gasteiger partial charge in [-0.3, -0.25) is 4.79 Å². The Kier molecular flexibility index (Phi) is 3.97. The number of ether oxygens (including phenoxy) is 1. The van der Waals surface area contributed by atoms with E-state index in [1.807, 2.05) is 0 Å². The number of amides is 1. The number of halogens is 2. The predicted octanol–water partition coefficient (Wildman–Crippen LogP) is 2.54. The third-order valence-electron chi connectivity index (χ3n) is 3.17. The van der Waals surface area contributed by atoms with Gasteiger partial charge in [0.25, 0.3) is 5.91 Å². The summed E-state index contributed by atoms with van der Waals surface area (Å²) in [5.41, 5.74) is 1.08. The van der Waals surface area contributed by atoms with Gasteiger partial charge in [-0.05, 0) is 12.1 Å². The first-order chi connectivity index (χ1) is 11.0. The second-order valence-corrected chi connectivity index (χ2v) is 5.38. The highest BCUT2D eigenvalue weighted by Gasteiger charge is 2.18. The van der Waals surface area contributed by atoms with Crippen molar-refractivity contribution in [2.75, 3.05) is 12.4 Å². The van der Waals surface area contributed by atoms with Crippen LogP contribution in [-0.2, 0) is 0 Å². The Hall–Kier alpha value is -2.51. The van der Waals surface area contributed by atoms with Gasteiger partial charge in [-0.25, -0.2) is 4.52 Å². The molecule has 118 valence electrons. The van der Waals surface area contributed by atoms with Crippen LogP contribution in [0.25, 0.3) is 5.52 Å². The van der Waals surface area contributed by atoms with Gasteiger partial charge in [0.05, 0.1) is 30.1 Å². The molecule has 0 aromatic carbocycles. The summed E-state index contributed by atoms with van der Waals surface area (Å²) in [5, 5.41) is 18.0. The minimum Gasteiger partial charge on any atom is -0.619 e. The van der Waals surface area contributed by atoms with Crippen LogP contribution in [0, 0.1) is 5.21 Å². The van der Waals surface area contributed by atoms with Gasteiger partial charge >= 0.3 is 0 Å². The second kappa shape index (κ2) is 5.94. The van der Waals surface area contributed by atoms with Crippen molar-refractivity contribution >= 4 is 40.3 Å². The zero-order valence-corrected chi connectivity index (χ0v) is 13.3. The lowest BCUT2D eigenvalue weighted by molar-refractivity contribution is -0.605. The zero-order chi connectivity index (χ0) is 16.6. The van der Waals surface area contributed by atoms with Crippen LogP contribution in [0.4, 0.5) is 5.69 Å². The van der Waals surface area contributed by atoms with Crippen molar-refractivity contribution in [3.05, 3.63) is 57.6 Å². The highest BCUT2D eigenvalue weighted by molar-refractivity contribution is 6.39. The lowest BCUT2D eigenvalue weighted by atomic mass is 10.2. The maximum Gasteiger partial charge on any atom is 0.257 e. The number of methoxy groups -OCH3 is 1. The van der Waals surface area contributed by atoms with Crippen molar-refractivity contribution < 1.29 is 14.3 Å². The summed E-state index contributed by atoms with van der Waals surface area (Å²) >= 11 is 11.9. The molecule has 0 aliphatic heterocycles. The van der Waals surface area contributed by atoms with Crippen LogP contribution in [0.5, 0.6) is 5.88 Å². The molecular formula is C14H10Cl2N4O3. The van der Waals surface area contributed by atoms with E-state index >= 15 is 0 Å². The fourth-order valence-electron chi connectivity index (χ4n) is 2.14. The number of fused-ring (bicyclic) bond motifs is 1. The largest absolute Gasteiger partial charge is 0.619 e. The Morgan fingerprint density at radius 3 is 2.65 bits per heavy atom. The first-order valence-corrected chi connectivity index (χ1v) is 7.16. The number of nitrogens with one attached hydrogen (secondary N) is 1. The number of carbonyl (C=O) groups excluding carboxylic acids is 1. The molecule has 0 saturated heterocycles. The van der Waals surface area contributed by atoms with Gasteiger partial charge in [-0.2, -0.15) is 9.83 Å². The van der Waals surface area contributed by atoms with Gasteiger partial charge in [0, 0.05) is 6.07 Å². The average molecular weight is 353 g/mol. The third kappa shape index (κ3) is 2.76. The van der Waals surface area contributed by atoms with E-state index in [0.29, 0.717) is 21.7 Å². The van der Waals surface area contributed by atoms with Crippen LogP contribution >= 0.6 is 23.2 Å². The number of anilines is 1. The molecule has 1 N–H and O–H groups in total. The van der Waals surface area contributed by atoms with E-state index in [4.69, 9.17) is 27.9 Å². The quantitative estimate of drug-likeness (QED) is 0.579. The summed E-state index contributed by atoms with van der Waals surface area (Å²) in [5.74, 6) is 0.0512. The van der Waals surface area contributed by atoms with Crippen molar-refractivity contribution in [2.45, 2.75) is 0 Å². The van der Waals surface area contributed by atoms with Crippen molar-refractivity contribution in [2.24, 2.45) is 0 Å². The molecule has 0 spiro atoms. The summed E-state index contributed by atoms with van der Waals surface area (Å²) in [6.45, 7) is 0. The van der Waals surface area contributed by atoms with E-state index in [-0.39, 0.29) is 15.7 Å². The van der Waals surface area contributed by atoms with Gasteiger partial charge < -0.3 is 15.3 Å².